The third kappa shape index (κ3) is 7.05. The molecule has 1 aromatic rings. The molecule has 0 spiro atoms. The number of hydrogen-bond acceptors (Lipinski definition) is 4. The predicted octanol–water partition coefficient (Wildman–Crippen LogP) is 2.30. The number of likely N-dealkylation sites (tertiary alicyclic amines) is 1. The number of rotatable bonds is 7. The number of guanidine groups is 1. The van der Waals surface area contributed by atoms with E-state index in [4.69, 9.17) is 0 Å². The number of halogens is 1. The van der Waals surface area contributed by atoms with Crippen LogP contribution in [0.5, 0.6) is 0 Å². The standard InChI is InChI=1S/C20H33FN4O2S/c1-15-7-5-6-10-25(15)16(2)12-23-20(22-3)24-13-18-11-19(21)9-8-17(18)14-28(4,26)27/h8-9,11,15-16H,5-7,10,12-14H2,1-4H3,(H2,22,23,24). The van der Waals surface area contributed by atoms with E-state index in [0.717, 1.165) is 13.1 Å². The Morgan fingerprint density at radius 3 is 2.71 bits per heavy atom. The van der Waals surface area contributed by atoms with Gasteiger partial charge in [0.05, 0.1) is 5.75 Å². The van der Waals surface area contributed by atoms with Gasteiger partial charge < -0.3 is 10.6 Å². The highest BCUT2D eigenvalue weighted by Gasteiger charge is 2.23. The molecule has 1 aliphatic heterocycles. The minimum Gasteiger partial charge on any atom is -0.355 e. The lowest BCUT2D eigenvalue weighted by Crippen LogP contribution is -2.50. The fraction of sp³-hybridized carbons (Fsp3) is 0.650. The largest absolute Gasteiger partial charge is 0.355 e. The SMILES string of the molecule is CN=C(NCc1cc(F)ccc1CS(C)(=O)=O)NCC(C)N1CCCCC1C. The normalized spacial score (nSPS) is 20.0. The van der Waals surface area contributed by atoms with E-state index in [1.807, 2.05) is 0 Å². The molecule has 1 aliphatic rings. The number of aliphatic imine (C=N–C) groups is 1. The van der Waals surface area contributed by atoms with Crippen molar-refractivity contribution in [3.63, 3.8) is 0 Å². The van der Waals surface area contributed by atoms with Gasteiger partial charge in [-0.2, -0.15) is 0 Å². The predicted molar refractivity (Wildman–Crippen MR) is 113 cm³/mol. The highest BCUT2D eigenvalue weighted by atomic mass is 32.2. The van der Waals surface area contributed by atoms with Gasteiger partial charge in [-0.1, -0.05) is 12.5 Å². The Balaban J connectivity index is 1.94. The van der Waals surface area contributed by atoms with E-state index in [-0.39, 0.29) is 11.6 Å². The van der Waals surface area contributed by atoms with Gasteiger partial charge in [-0.15, -0.1) is 0 Å². The second-order valence-corrected chi connectivity index (χ2v) is 9.86. The zero-order valence-electron chi connectivity index (χ0n) is 17.3. The fourth-order valence-corrected chi connectivity index (χ4v) is 4.57. The Labute approximate surface area is 168 Å². The maximum Gasteiger partial charge on any atom is 0.191 e. The molecule has 6 nitrogen and oxygen atoms in total. The summed E-state index contributed by atoms with van der Waals surface area (Å²) < 4.78 is 36.9. The van der Waals surface area contributed by atoms with E-state index < -0.39 is 9.84 Å². The first kappa shape index (κ1) is 22.6. The summed E-state index contributed by atoms with van der Waals surface area (Å²) in [7, 11) is -1.51. The van der Waals surface area contributed by atoms with E-state index in [2.05, 4.69) is 34.4 Å². The smallest absolute Gasteiger partial charge is 0.191 e. The fourth-order valence-electron chi connectivity index (χ4n) is 3.72. The number of sulfone groups is 1. The Bertz CT molecular complexity index is 782. The number of piperidine rings is 1. The van der Waals surface area contributed by atoms with Gasteiger partial charge in [0.2, 0.25) is 0 Å². The van der Waals surface area contributed by atoms with E-state index >= 15 is 0 Å². The summed E-state index contributed by atoms with van der Waals surface area (Å²) in [6.45, 7) is 6.66. The average Bonchev–Trinajstić information content (AvgIpc) is 2.63. The minimum atomic E-state index is -3.20. The van der Waals surface area contributed by atoms with E-state index in [1.165, 1.54) is 43.7 Å². The Hall–Kier alpha value is -1.67. The summed E-state index contributed by atoms with van der Waals surface area (Å²) >= 11 is 0. The quantitative estimate of drug-likeness (QED) is 0.531. The Morgan fingerprint density at radius 1 is 1.32 bits per heavy atom. The molecule has 2 N–H and O–H groups in total. The van der Waals surface area contributed by atoms with Crippen LogP contribution in [0.1, 0.15) is 44.2 Å². The molecular formula is C20H33FN4O2S. The summed E-state index contributed by atoms with van der Waals surface area (Å²) in [6.07, 6.45) is 4.95. The molecule has 1 saturated heterocycles. The molecule has 0 aromatic heterocycles. The molecule has 2 unspecified atom stereocenters. The number of hydrogen-bond donors (Lipinski definition) is 2. The molecule has 1 heterocycles. The van der Waals surface area contributed by atoms with Crippen molar-refractivity contribution >= 4 is 15.8 Å². The maximum absolute atomic E-state index is 13.7. The first-order valence-electron chi connectivity index (χ1n) is 9.85. The first-order valence-corrected chi connectivity index (χ1v) is 11.9. The van der Waals surface area contributed by atoms with Crippen molar-refractivity contribution in [2.24, 2.45) is 4.99 Å². The molecule has 158 valence electrons. The van der Waals surface area contributed by atoms with E-state index in [0.29, 0.717) is 35.7 Å². The molecule has 1 aromatic carbocycles. The van der Waals surface area contributed by atoms with Gasteiger partial charge in [-0.05, 0) is 56.5 Å². The molecular weight excluding hydrogens is 379 g/mol. The van der Waals surface area contributed by atoms with Crippen LogP contribution in [0.15, 0.2) is 23.2 Å². The van der Waals surface area contributed by atoms with Gasteiger partial charge in [0.15, 0.2) is 15.8 Å². The van der Waals surface area contributed by atoms with Crippen molar-refractivity contribution in [2.45, 2.75) is 57.5 Å². The maximum atomic E-state index is 13.7. The van der Waals surface area contributed by atoms with Crippen molar-refractivity contribution < 1.29 is 12.8 Å². The lowest BCUT2D eigenvalue weighted by atomic mass is 10.0. The summed E-state index contributed by atoms with van der Waals surface area (Å²) in [5.41, 5.74) is 1.22. The molecule has 2 atom stereocenters. The summed E-state index contributed by atoms with van der Waals surface area (Å²) in [5.74, 6) is 0.121. The molecule has 8 heteroatoms. The van der Waals surface area contributed by atoms with Crippen LogP contribution in [0.4, 0.5) is 4.39 Å². The van der Waals surface area contributed by atoms with Crippen molar-refractivity contribution in [3.8, 4) is 0 Å². The van der Waals surface area contributed by atoms with Crippen molar-refractivity contribution in [1.29, 1.82) is 0 Å². The van der Waals surface area contributed by atoms with E-state index in [9.17, 15) is 12.8 Å². The monoisotopic (exact) mass is 412 g/mol. The van der Waals surface area contributed by atoms with Crippen LogP contribution in [-0.2, 0) is 22.1 Å². The number of nitrogens with one attached hydrogen (secondary N) is 2. The summed E-state index contributed by atoms with van der Waals surface area (Å²) in [4.78, 5) is 6.74. The molecule has 0 radical (unpaired) electrons. The summed E-state index contributed by atoms with van der Waals surface area (Å²) in [5, 5.41) is 6.49. The second kappa shape index (κ2) is 10.2. The molecule has 28 heavy (non-hydrogen) atoms. The van der Waals surface area contributed by atoms with Crippen LogP contribution in [0.3, 0.4) is 0 Å². The van der Waals surface area contributed by atoms with E-state index in [1.54, 1.807) is 7.05 Å². The van der Waals surface area contributed by atoms with Crippen LogP contribution < -0.4 is 10.6 Å². The van der Waals surface area contributed by atoms with Gasteiger partial charge in [0.25, 0.3) is 0 Å². The zero-order chi connectivity index (χ0) is 20.7. The van der Waals surface area contributed by atoms with Crippen LogP contribution in [0.25, 0.3) is 0 Å². The average molecular weight is 413 g/mol. The molecule has 0 bridgehead atoms. The highest BCUT2D eigenvalue weighted by Crippen LogP contribution is 2.18. The molecule has 0 saturated carbocycles. The van der Waals surface area contributed by atoms with Gasteiger partial charge in [0, 0.05) is 38.5 Å². The topological polar surface area (TPSA) is 73.8 Å². The van der Waals surface area contributed by atoms with Crippen molar-refractivity contribution in [2.75, 3.05) is 26.4 Å². The van der Waals surface area contributed by atoms with Gasteiger partial charge >= 0.3 is 0 Å². The van der Waals surface area contributed by atoms with Crippen molar-refractivity contribution in [3.05, 3.63) is 35.1 Å². The third-order valence-corrected chi connectivity index (χ3v) is 6.08. The summed E-state index contributed by atoms with van der Waals surface area (Å²) in [6, 6.07) is 5.16. The zero-order valence-corrected chi connectivity index (χ0v) is 18.2. The Kier molecular flexibility index (Phi) is 8.24. The van der Waals surface area contributed by atoms with Gasteiger partial charge in [-0.3, -0.25) is 9.89 Å². The number of nitrogens with zero attached hydrogens (tertiary/aromatic N) is 2. The minimum absolute atomic E-state index is 0.111. The molecule has 1 fully saturated rings. The van der Waals surface area contributed by atoms with Crippen LogP contribution in [0, 0.1) is 5.82 Å². The first-order chi connectivity index (χ1) is 13.2. The highest BCUT2D eigenvalue weighted by molar-refractivity contribution is 7.89. The Morgan fingerprint density at radius 2 is 2.07 bits per heavy atom. The van der Waals surface area contributed by atoms with Crippen LogP contribution in [0.2, 0.25) is 0 Å². The van der Waals surface area contributed by atoms with Gasteiger partial charge in [-0.25, -0.2) is 12.8 Å². The second-order valence-electron chi connectivity index (χ2n) is 7.72. The van der Waals surface area contributed by atoms with Crippen LogP contribution >= 0.6 is 0 Å². The third-order valence-electron chi connectivity index (χ3n) is 5.24. The van der Waals surface area contributed by atoms with Crippen LogP contribution in [-0.4, -0.2) is 57.8 Å². The van der Waals surface area contributed by atoms with Crippen molar-refractivity contribution in [1.82, 2.24) is 15.5 Å². The number of benzene rings is 1. The molecule has 0 aliphatic carbocycles. The van der Waals surface area contributed by atoms with Gasteiger partial charge in [0.1, 0.15) is 5.82 Å². The lowest BCUT2D eigenvalue weighted by molar-refractivity contribution is 0.115. The molecule has 0 amide bonds. The lowest BCUT2D eigenvalue weighted by Gasteiger charge is -2.38. The molecule has 2 rings (SSSR count).